The molecule has 0 spiro atoms. The molecule has 0 aromatic carbocycles. The molecule has 2 aromatic heterocycles. The topological polar surface area (TPSA) is 34.9 Å². The van der Waals surface area contributed by atoms with Gasteiger partial charge in [0.15, 0.2) is 0 Å². The molecular weight excluding hydrogens is 244 g/mol. The van der Waals surface area contributed by atoms with Gasteiger partial charge < -0.3 is 4.57 Å². The number of rotatable bonds is 0. The number of hydrogen-bond acceptors (Lipinski definition) is 2. The van der Waals surface area contributed by atoms with E-state index in [-0.39, 0.29) is 5.56 Å². The molecule has 0 radical (unpaired) electrons. The van der Waals surface area contributed by atoms with Crippen LogP contribution in [0, 0.1) is 6.92 Å². The lowest BCUT2D eigenvalue weighted by Gasteiger charge is -2.05. The van der Waals surface area contributed by atoms with E-state index in [1.165, 1.54) is 0 Å². The van der Waals surface area contributed by atoms with Crippen molar-refractivity contribution in [1.29, 1.82) is 0 Å². The van der Waals surface area contributed by atoms with Crippen LogP contribution in [0.1, 0.15) is 5.69 Å². The fourth-order valence-electron chi connectivity index (χ4n) is 1.43. The van der Waals surface area contributed by atoms with Crippen molar-refractivity contribution in [3.63, 3.8) is 0 Å². The standard InChI is InChI=1S/C10H9BrN2O/c1-6-3-9-7(5-12-6)4-8(11)10(14)13(9)2/h3-5H,1-2H3. The zero-order chi connectivity index (χ0) is 10.3. The molecular formula is C10H9BrN2O. The fourth-order valence-corrected chi connectivity index (χ4v) is 1.94. The summed E-state index contributed by atoms with van der Waals surface area (Å²) < 4.78 is 2.19. The van der Waals surface area contributed by atoms with Crippen molar-refractivity contribution in [2.75, 3.05) is 0 Å². The molecule has 0 amide bonds. The third kappa shape index (κ3) is 1.35. The number of aromatic nitrogens is 2. The summed E-state index contributed by atoms with van der Waals surface area (Å²) in [6.07, 6.45) is 1.77. The molecule has 3 nitrogen and oxygen atoms in total. The lowest BCUT2D eigenvalue weighted by atomic mass is 10.2. The number of hydrogen-bond donors (Lipinski definition) is 0. The molecule has 0 aliphatic rings. The van der Waals surface area contributed by atoms with E-state index < -0.39 is 0 Å². The maximum atomic E-state index is 11.6. The Morgan fingerprint density at radius 3 is 2.86 bits per heavy atom. The van der Waals surface area contributed by atoms with Gasteiger partial charge in [0.1, 0.15) is 0 Å². The van der Waals surface area contributed by atoms with Crippen LogP contribution in [0.2, 0.25) is 0 Å². The van der Waals surface area contributed by atoms with Crippen molar-refractivity contribution in [2.45, 2.75) is 6.92 Å². The average Bonchev–Trinajstić information content (AvgIpc) is 2.16. The van der Waals surface area contributed by atoms with Gasteiger partial charge in [-0.05, 0) is 35.0 Å². The van der Waals surface area contributed by atoms with Gasteiger partial charge in [-0.25, -0.2) is 0 Å². The number of pyridine rings is 2. The lowest BCUT2D eigenvalue weighted by Crippen LogP contribution is -2.17. The highest BCUT2D eigenvalue weighted by Gasteiger charge is 2.04. The smallest absolute Gasteiger partial charge is 0.265 e. The van der Waals surface area contributed by atoms with Crippen LogP contribution in [-0.4, -0.2) is 9.55 Å². The van der Waals surface area contributed by atoms with Crippen molar-refractivity contribution in [3.05, 3.63) is 38.9 Å². The van der Waals surface area contributed by atoms with Gasteiger partial charge in [-0.3, -0.25) is 9.78 Å². The monoisotopic (exact) mass is 252 g/mol. The lowest BCUT2D eigenvalue weighted by molar-refractivity contribution is 0.896. The molecule has 0 N–H and O–H groups in total. The molecule has 0 atom stereocenters. The van der Waals surface area contributed by atoms with E-state index in [1.54, 1.807) is 23.9 Å². The van der Waals surface area contributed by atoms with E-state index in [0.717, 1.165) is 16.6 Å². The van der Waals surface area contributed by atoms with Crippen LogP contribution in [0.4, 0.5) is 0 Å². The molecule has 0 unspecified atom stereocenters. The summed E-state index contributed by atoms with van der Waals surface area (Å²) in [5.41, 5.74) is 1.80. The molecule has 2 rings (SSSR count). The van der Waals surface area contributed by atoms with Crippen LogP contribution < -0.4 is 5.56 Å². The number of nitrogens with zero attached hydrogens (tertiary/aromatic N) is 2. The predicted octanol–water partition coefficient (Wildman–Crippen LogP) is 2.00. The minimum Gasteiger partial charge on any atom is -0.310 e. The summed E-state index contributed by atoms with van der Waals surface area (Å²) in [6, 6.07) is 3.70. The van der Waals surface area contributed by atoms with Crippen molar-refractivity contribution in [3.8, 4) is 0 Å². The SMILES string of the molecule is Cc1cc2c(cn1)cc(Br)c(=O)n2C. The van der Waals surface area contributed by atoms with E-state index in [0.29, 0.717) is 4.47 Å². The zero-order valence-electron chi connectivity index (χ0n) is 7.91. The molecule has 0 saturated heterocycles. The van der Waals surface area contributed by atoms with Crippen LogP contribution in [0.15, 0.2) is 27.6 Å². The van der Waals surface area contributed by atoms with Crippen molar-refractivity contribution in [2.24, 2.45) is 7.05 Å². The first-order chi connectivity index (χ1) is 6.59. The number of halogens is 1. The summed E-state index contributed by atoms with van der Waals surface area (Å²) in [5.74, 6) is 0. The zero-order valence-corrected chi connectivity index (χ0v) is 9.50. The molecule has 72 valence electrons. The van der Waals surface area contributed by atoms with E-state index in [4.69, 9.17) is 0 Å². The third-order valence-electron chi connectivity index (χ3n) is 2.20. The fraction of sp³-hybridized carbons (Fsp3) is 0.200. The molecule has 0 fully saturated rings. The first-order valence-corrected chi connectivity index (χ1v) is 5.01. The second-order valence-corrected chi connectivity index (χ2v) is 4.10. The summed E-state index contributed by atoms with van der Waals surface area (Å²) in [6.45, 7) is 1.91. The Balaban J connectivity index is 2.99. The van der Waals surface area contributed by atoms with Gasteiger partial charge in [0.05, 0.1) is 9.99 Å². The van der Waals surface area contributed by atoms with Gasteiger partial charge in [0.25, 0.3) is 5.56 Å². The van der Waals surface area contributed by atoms with E-state index in [9.17, 15) is 4.79 Å². The first kappa shape index (κ1) is 9.40. The van der Waals surface area contributed by atoms with Crippen molar-refractivity contribution < 1.29 is 0 Å². The Morgan fingerprint density at radius 2 is 2.14 bits per heavy atom. The van der Waals surface area contributed by atoms with Crippen LogP contribution in [0.5, 0.6) is 0 Å². The largest absolute Gasteiger partial charge is 0.310 e. The van der Waals surface area contributed by atoms with Crippen molar-refractivity contribution in [1.82, 2.24) is 9.55 Å². The molecule has 4 heteroatoms. The minimum absolute atomic E-state index is 0.0249. The summed E-state index contributed by atoms with van der Waals surface area (Å²) in [4.78, 5) is 15.8. The second-order valence-electron chi connectivity index (χ2n) is 3.24. The van der Waals surface area contributed by atoms with Gasteiger partial charge in [-0.15, -0.1) is 0 Å². The molecule has 2 aromatic rings. The van der Waals surface area contributed by atoms with Gasteiger partial charge in [-0.2, -0.15) is 0 Å². The molecule has 0 aliphatic carbocycles. The summed E-state index contributed by atoms with van der Waals surface area (Å²) in [5, 5.41) is 0.963. The number of aryl methyl sites for hydroxylation is 2. The Morgan fingerprint density at radius 1 is 1.43 bits per heavy atom. The highest BCUT2D eigenvalue weighted by atomic mass is 79.9. The molecule has 0 saturated carbocycles. The second kappa shape index (κ2) is 3.20. The maximum Gasteiger partial charge on any atom is 0.265 e. The summed E-state index contributed by atoms with van der Waals surface area (Å²) >= 11 is 3.22. The highest BCUT2D eigenvalue weighted by molar-refractivity contribution is 9.10. The quantitative estimate of drug-likeness (QED) is 0.719. The van der Waals surface area contributed by atoms with Crippen LogP contribution in [0.25, 0.3) is 10.9 Å². The highest BCUT2D eigenvalue weighted by Crippen LogP contribution is 2.15. The Labute approximate surface area is 89.5 Å². The molecule has 2 heterocycles. The van der Waals surface area contributed by atoms with Crippen LogP contribution in [0.3, 0.4) is 0 Å². The third-order valence-corrected chi connectivity index (χ3v) is 2.77. The van der Waals surface area contributed by atoms with Gasteiger partial charge in [-0.1, -0.05) is 0 Å². The minimum atomic E-state index is -0.0249. The predicted molar refractivity (Wildman–Crippen MR) is 59.4 cm³/mol. The molecule has 0 aliphatic heterocycles. The summed E-state index contributed by atoms with van der Waals surface area (Å²) in [7, 11) is 1.76. The maximum absolute atomic E-state index is 11.6. The molecule has 14 heavy (non-hydrogen) atoms. The average molecular weight is 253 g/mol. The van der Waals surface area contributed by atoms with Crippen LogP contribution >= 0.6 is 15.9 Å². The van der Waals surface area contributed by atoms with Gasteiger partial charge in [0.2, 0.25) is 0 Å². The van der Waals surface area contributed by atoms with Crippen LogP contribution in [-0.2, 0) is 7.05 Å². The van der Waals surface area contributed by atoms with E-state index >= 15 is 0 Å². The Hall–Kier alpha value is -1.16. The normalized spacial score (nSPS) is 10.8. The van der Waals surface area contributed by atoms with Gasteiger partial charge >= 0.3 is 0 Å². The Bertz CT molecular complexity index is 560. The van der Waals surface area contributed by atoms with Gasteiger partial charge in [0, 0.05) is 24.3 Å². The number of fused-ring (bicyclic) bond motifs is 1. The first-order valence-electron chi connectivity index (χ1n) is 4.21. The van der Waals surface area contributed by atoms with E-state index in [1.807, 2.05) is 13.0 Å². The van der Waals surface area contributed by atoms with Crippen molar-refractivity contribution >= 4 is 26.8 Å². The molecule has 0 bridgehead atoms. The van der Waals surface area contributed by atoms with E-state index in [2.05, 4.69) is 20.9 Å². The Kier molecular flexibility index (Phi) is 2.15.